The van der Waals surface area contributed by atoms with Crippen molar-refractivity contribution in [3.8, 4) is 5.88 Å². The van der Waals surface area contributed by atoms with E-state index in [0.29, 0.717) is 18.2 Å². The van der Waals surface area contributed by atoms with Crippen LogP contribution in [0.3, 0.4) is 0 Å². The van der Waals surface area contributed by atoms with Crippen LogP contribution in [0.4, 0.5) is 11.6 Å². The van der Waals surface area contributed by atoms with Gasteiger partial charge in [0.25, 0.3) is 0 Å². The van der Waals surface area contributed by atoms with Crippen molar-refractivity contribution in [2.75, 3.05) is 18.2 Å². The van der Waals surface area contributed by atoms with E-state index in [0.717, 1.165) is 22.8 Å². The van der Waals surface area contributed by atoms with Crippen LogP contribution >= 0.6 is 0 Å². The average molecular weight is 287 g/mol. The van der Waals surface area contributed by atoms with E-state index in [9.17, 15) is 0 Å². The second-order valence-electron chi connectivity index (χ2n) is 5.16. The smallest absolute Gasteiger partial charge is 0.213 e. The summed E-state index contributed by atoms with van der Waals surface area (Å²) in [5, 5.41) is 3.30. The van der Waals surface area contributed by atoms with Crippen molar-refractivity contribution in [2.45, 2.75) is 33.2 Å². The first-order valence-corrected chi connectivity index (χ1v) is 6.88. The van der Waals surface area contributed by atoms with Crippen molar-refractivity contribution in [1.82, 2.24) is 15.0 Å². The average Bonchev–Trinajstić information content (AvgIpc) is 2.48. The highest BCUT2D eigenvalue weighted by atomic mass is 16.5. The Kier molecular flexibility index (Phi) is 4.57. The van der Waals surface area contributed by atoms with Gasteiger partial charge in [0, 0.05) is 30.3 Å². The van der Waals surface area contributed by atoms with Crippen LogP contribution in [0.25, 0.3) is 0 Å². The number of rotatable bonds is 5. The zero-order valence-corrected chi connectivity index (χ0v) is 12.8. The van der Waals surface area contributed by atoms with Gasteiger partial charge in [0.2, 0.25) is 5.88 Å². The normalized spacial score (nSPS) is 10.7. The van der Waals surface area contributed by atoms with Crippen molar-refractivity contribution in [2.24, 2.45) is 0 Å². The Morgan fingerprint density at radius 2 is 2.10 bits per heavy atom. The fraction of sp³-hybridized carbons (Fsp3) is 0.400. The minimum atomic E-state index is 0.231. The van der Waals surface area contributed by atoms with Crippen LogP contribution in [0.15, 0.2) is 18.3 Å². The molecule has 2 aromatic rings. The predicted molar refractivity (Wildman–Crippen MR) is 83.4 cm³/mol. The maximum atomic E-state index is 5.95. The minimum absolute atomic E-state index is 0.231. The molecule has 0 fully saturated rings. The Morgan fingerprint density at radius 1 is 1.33 bits per heavy atom. The van der Waals surface area contributed by atoms with Gasteiger partial charge in [0.05, 0.1) is 7.11 Å². The summed E-state index contributed by atoms with van der Waals surface area (Å²) >= 11 is 0. The number of hydrogen-bond donors (Lipinski definition) is 2. The third-order valence-electron chi connectivity index (χ3n) is 3.19. The first-order chi connectivity index (χ1) is 10.0. The summed E-state index contributed by atoms with van der Waals surface area (Å²) in [5.74, 6) is 2.85. The molecule has 0 aliphatic rings. The van der Waals surface area contributed by atoms with Gasteiger partial charge in [0.15, 0.2) is 0 Å². The molecule has 0 saturated heterocycles. The third-order valence-corrected chi connectivity index (χ3v) is 3.19. The van der Waals surface area contributed by atoms with Crippen molar-refractivity contribution < 1.29 is 4.74 Å². The molecule has 2 rings (SSSR count). The molecular weight excluding hydrogens is 266 g/mol. The highest BCUT2D eigenvalue weighted by Crippen LogP contribution is 2.21. The zero-order chi connectivity index (χ0) is 15.4. The van der Waals surface area contributed by atoms with Gasteiger partial charge < -0.3 is 15.8 Å². The lowest BCUT2D eigenvalue weighted by Gasteiger charge is -2.13. The van der Waals surface area contributed by atoms with Gasteiger partial charge in [-0.15, -0.1) is 0 Å². The quantitative estimate of drug-likeness (QED) is 0.878. The molecule has 0 amide bonds. The summed E-state index contributed by atoms with van der Waals surface area (Å²) in [6.07, 6.45) is 1.72. The molecule has 6 nitrogen and oxygen atoms in total. The van der Waals surface area contributed by atoms with Gasteiger partial charge in [0.1, 0.15) is 17.5 Å². The number of anilines is 2. The van der Waals surface area contributed by atoms with Crippen molar-refractivity contribution >= 4 is 11.6 Å². The maximum Gasteiger partial charge on any atom is 0.213 e. The van der Waals surface area contributed by atoms with Gasteiger partial charge in [-0.05, 0) is 18.6 Å². The van der Waals surface area contributed by atoms with E-state index >= 15 is 0 Å². The molecule has 0 atom stereocenters. The number of nitrogens with two attached hydrogens (primary N) is 1. The predicted octanol–water partition coefficient (Wildman–Crippen LogP) is 2.51. The lowest BCUT2D eigenvalue weighted by atomic mass is 10.2. The van der Waals surface area contributed by atoms with Crippen LogP contribution in [0, 0.1) is 6.92 Å². The number of methoxy groups -OCH3 is 1. The van der Waals surface area contributed by atoms with Crippen LogP contribution in [0.5, 0.6) is 5.88 Å². The van der Waals surface area contributed by atoms with Crippen LogP contribution in [0.2, 0.25) is 0 Å². The summed E-state index contributed by atoms with van der Waals surface area (Å²) in [7, 11) is 1.60. The van der Waals surface area contributed by atoms with E-state index < -0.39 is 0 Å². The molecule has 0 aliphatic carbocycles. The number of aromatic nitrogens is 3. The maximum absolute atomic E-state index is 5.95. The molecule has 2 aromatic heterocycles. The lowest BCUT2D eigenvalue weighted by Crippen LogP contribution is -2.10. The zero-order valence-electron chi connectivity index (χ0n) is 12.8. The second-order valence-corrected chi connectivity index (χ2v) is 5.16. The molecule has 6 heteroatoms. The van der Waals surface area contributed by atoms with Gasteiger partial charge in [-0.1, -0.05) is 13.8 Å². The fourth-order valence-electron chi connectivity index (χ4n) is 1.84. The van der Waals surface area contributed by atoms with Gasteiger partial charge >= 0.3 is 0 Å². The highest BCUT2D eigenvalue weighted by molar-refractivity contribution is 5.55. The molecule has 0 spiro atoms. The van der Waals surface area contributed by atoms with E-state index in [-0.39, 0.29) is 5.92 Å². The van der Waals surface area contributed by atoms with Crippen LogP contribution in [-0.4, -0.2) is 22.1 Å². The molecule has 0 aromatic carbocycles. The van der Waals surface area contributed by atoms with Gasteiger partial charge in [-0.2, -0.15) is 0 Å². The largest absolute Gasteiger partial charge is 0.481 e. The Morgan fingerprint density at radius 3 is 2.76 bits per heavy atom. The molecule has 0 unspecified atom stereocenters. The summed E-state index contributed by atoms with van der Waals surface area (Å²) < 4.78 is 5.12. The van der Waals surface area contributed by atoms with Crippen LogP contribution in [-0.2, 0) is 6.54 Å². The number of hydrogen-bond acceptors (Lipinski definition) is 6. The highest BCUT2D eigenvalue weighted by Gasteiger charge is 2.11. The Bertz CT molecular complexity index is 627. The van der Waals surface area contributed by atoms with Gasteiger partial charge in [-0.25, -0.2) is 15.0 Å². The van der Waals surface area contributed by atoms with Crippen molar-refractivity contribution in [1.29, 1.82) is 0 Å². The second kappa shape index (κ2) is 6.39. The van der Waals surface area contributed by atoms with Crippen LogP contribution < -0.4 is 15.8 Å². The Hall–Kier alpha value is -2.37. The molecule has 0 bridgehead atoms. The summed E-state index contributed by atoms with van der Waals surface area (Å²) in [6.45, 7) is 6.62. The van der Waals surface area contributed by atoms with E-state index in [1.54, 1.807) is 13.3 Å². The first kappa shape index (κ1) is 15.0. The minimum Gasteiger partial charge on any atom is -0.481 e. The monoisotopic (exact) mass is 287 g/mol. The van der Waals surface area contributed by atoms with E-state index in [4.69, 9.17) is 10.5 Å². The molecule has 21 heavy (non-hydrogen) atoms. The number of pyridine rings is 1. The van der Waals surface area contributed by atoms with Crippen LogP contribution in [0.1, 0.15) is 36.7 Å². The van der Waals surface area contributed by atoms with Crippen molar-refractivity contribution in [3.63, 3.8) is 0 Å². The third kappa shape index (κ3) is 3.59. The standard InChI is InChI=1S/C15H21N5O/c1-9(2)14-19-13(16)10(3)15(20-14)18-8-11-5-6-17-12(7-11)21-4/h5-7,9H,8H2,1-4H3,(H3,16,18,19,20). The number of nitrogens with one attached hydrogen (secondary N) is 1. The molecule has 0 saturated carbocycles. The molecular formula is C15H21N5O. The molecule has 2 heterocycles. The topological polar surface area (TPSA) is 86.0 Å². The number of nitrogen functional groups attached to an aromatic ring is 1. The fourth-order valence-corrected chi connectivity index (χ4v) is 1.84. The van der Waals surface area contributed by atoms with Crippen molar-refractivity contribution in [3.05, 3.63) is 35.3 Å². The molecule has 0 aliphatic heterocycles. The Balaban J connectivity index is 2.19. The Labute approximate surface area is 124 Å². The summed E-state index contributed by atoms with van der Waals surface area (Å²) in [4.78, 5) is 12.9. The summed E-state index contributed by atoms with van der Waals surface area (Å²) in [6, 6.07) is 3.81. The van der Waals surface area contributed by atoms with Gasteiger partial charge in [-0.3, -0.25) is 0 Å². The number of nitrogens with zero attached hydrogens (tertiary/aromatic N) is 3. The summed E-state index contributed by atoms with van der Waals surface area (Å²) in [5.41, 5.74) is 7.87. The number of ether oxygens (including phenoxy) is 1. The molecule has 0 radical (unpaired) electrons. The van der Waals surface area contributed by atoms with E-state index in [1.807, 2.05) is 32.9 Å². The van der Waals surface area contributed by atoms with E-state index in [2.05, 4.69) is 20.3 Å². The lowest BCUT2D eigenvalue weighted by molar-refractivity contribution is 0.397. The SMILES string of the molecule is COc1cc(CNc2nc(C(C)C)nc(N)c2C)ccn1. The molecule has 3 N–H and O–H groups in total. The van der Waals surface area contributed by atoms with E-state index in [1.165, 1.54) is 0 Å². The molecule has 112 valence electrons. The first-order valence-electron chi connectivity index (χ1n) is 6.88.